The fourth-order valence-electron chi connectivity index (χ4n) is 2.62. The Balaban J connectivity index is 1.90. The highest BCUT2D eigenvalue weighted by Gasteiger charge is 2.25. The van der Waals surface area contributed by atoms with Gasteiger partial charge in [-0.05, 0) is 37.8 Å². The van der Waals surface area contributed by atoms with E-state index >= 15 is 0 Å². The SMILES string of the molecule is C[C@@H]1CCCC[C@@H]1NC(=O)[C@@H](C)Oc1ccccc1F. The van der Waals surface area contributed by atoms with Gasteiger partial charge in [0.2, 0.25) is 0 Å². The van der Waals surface area contributed by atoms with Gasteiger partial charge in [0.1, 0.15) is 0 Å². The molecule has 1 N–H and O–H groups in total. The molecule has 20 heavy (non-hydrogen) atoms. The zero-order valence-corrected chi connectivity index (χ0v) is 12.1. The van der Waals surface area contributed by atoms with Gasteiger partial charge in [-0.2, -0.15) is 0 Å². The van der Waals surface area contributed by atoms with Crippen molar-refractivity contribution in [2.45, 2.75) is 51.7 Å². The summed E-state index contributed by atoms with van der Waals surface area (Å²) in [6.45, 7) is 3.81. The number of benzene rings is 1. The molecule has 0 spiro atoms. The lowest BCUT2D eigenvalue weighted by molar-refractivity contribution is -0.128. The van der Waals surface area contributed by atoms with Crippen molar-refractivity contribution < 1.29 is 13.9 Å². The van der Waals surface area contributed by atoms with E-state index in [0.29, 0.717) is 5.92 Å². The highest BCUT2D eigenvalue weighted by molar-refractivity contribution is 5.81. The van der Waals surface area contributed by atoms with Crippen LogP contribution in [-0.4, -0.2) is 18.1 Å². The van der Waals surface area contributed by atoms with Crippen molar-refractivity contribution in [1.82, 2.24) is 5.32 Å². The number of carbonyl (C=O) groups excluding carboxylic acids is 1. The molecule has 1 aliphatic carbocycles. The predicted octanol–water partition coefficient (Wildman–Crippen LogP) is 3.29. The molecule has 3 nitrogen and oxygen atoms in total. The Labute approximate surface area is 119 Å². The minimum absolute atomic E-state index is 0.117. The average Bonchev–Trinajstić information content (AvgIpc) is 2.43. The van der Waals surface area contributed by atoms with Crippen molar-refractivity contribution in [1.29, 1.82) is 0 Å². The predicted molar refractivity (Wildman–Crippen MR) is 76.1 cm³/mol. The van der Waals surface area contributed by atoms with Crippen LogP contribution in [0.25, 0.3) is 0 Å². The number of ether oxygens (including phenoxy) is 1. The second-order valence-corrected chi connectivity index (χ2v) is 5.57. The number of hydrogen-bond donors (Lipinski definition) is 1. The minimum Gasteiger partial charge on any atom is -0.478 e. The van der Waals surface area contributed by atoms with Crippen molar-refractivity contribution in [3.8, 4) is 5.75 Å². The van der Waals surface area contributed by atoms with Crippen molar-refractivity contribution in [3.63, 3.8) is 0 Å². The Morgan fingerprint density at radius 1 is 1.35 bits per heavy atom. The maximum atomic E-state index is 13.5. The standard InChI is InChI=1S/C16H22FNO2/c1-11-7-3-5-9-14(11)18-16(19)12(2)20-15-10-6-4-8-13(15)17/h4,6,8,10-12,14H,3,5,7,9H2,1-2H3,(H,18,19)/t11-,12-,14+/m1/s1. The molecule has 1 saturated carbocycles. The summed E-state index contributed by atoms with van der Waals surface area (Å²) >= 11 is 0. The summed E-state index contributed by atoms with van der Waals surface area (Å²) in [6.07, 6.45) is 3.85. The lowest BCUT2D eigenvalue weighted by Crippen LogP contribution is -2.46. The highest BCUT2D eigenvalue weighted by atomic mass is 19.1. The van der Waals surface area contributed by atoms with Crippen molar-refractivity contribution in [2.75, 3.05) is 0 Å². The molecule has 0 radical (unpaired) electrons. The van der Waals surface area contributed by atoms with Crippen LogP contribution in [-0.2, 0) is 4.79 Å². The van der Waals surface area contributed by atoms with Gasteiger partial charge in [0.05, 0.1) is 0 Å². The maximum Gasteiger partial charge on any atom is 0.261 e. The van der Waals surface area contributed by atoms with Gasteiger partial charge >= 0.3 is 0 Å². The van der Waals surface area contributed by atoms with Gasteiger partial charge in [-0.1, -0.05) is 31.9 Å². The van der Waals surface area contributed by atoms with Gasteiger partial charge in [-0.25, -0.2) is 4.39 Å². The van der Waals surface area contributed by atoms with Crippen LogP contribution in [0.2, 0.25) is 0 Å². The highest BCUT2D eigenvalue weighted by Crippen LogP contribution is 2.24. The normalized spacial score (nSPS) is 23.9. The van der Waals surface area contributed by atoms with Crippen LogP contribution >= 0.6 is 0 Å². The molecule has 0 unspecified atom stereocenters. The van der Waals surface area contributed by atoms with Gasteiger partial charge < -0.3 is 10.1 Å². The van der Waals surface area contributed by atoms with Gasteiger partial charge in [-0.15, -0.1) is 0 Å². The molecular weight excluding hydrogens is 257 g/mol. The summed E-state index contributed by atoms with van der Waals surface area (Å²) in [6, 6.07) is 6.34. The van der Waals surface area contributed by atoms with E-state index in [9.17, 15) is 9.18 Å². The summed E-state index contributed by atoms with van der Waals surface area (Å²) < 4.78 is 18.9. The zero-order valence-electron chi connectivity index (χ0n) is 12.1. The van der Waals surface area contributed by atoms with Gasteiger partial charge in [0.25, 0.3) is 5.91 Å². The molecule has 3 atom stereocenters. The van der Waals surface area contributed by atoms with Crippen molar-refractivity contribution in [3.05, 3.63) is 30.1 Å². The number of nitrogens with one attached hydrogen (secondary N) is 1. The summed E-state index contributed by atoms with van der Waals surface area (Å²) in [5, 5.41) is 3.02. The molecule has 0 aliphatic heterocycles. The molecule has 1 fully saturated rings. The first-order chi connectivity index (χ1) is 9.58. The van der Waals surface area contributed by atoms with Crippen LogP contribution in [0.3, 0.4) is 0 Å². The fraction of sp³-hybridized carbons (Fsp3) is 0.562. The third-order valence-corrected chi connectivity index (χ3v) is 3.95. The van der Waals surface area contributed by atoms with Gasteiger partial charge in [0.15, 0.2) is 17.7 Å². The average molecular weight is 279 g/mol. The quantitative estimate of drug-likeness (QED) is 0.918. The Morgan fingerprint density at radius 3 is 2.75 bits per heavy atom. The first kappa shape index (κ1) is 14.8. The molecule has 1 amide bonds. The molecule has 0 saturated heterocycles. The molecule has 1 aliphatic rings. The Kier molecular flexibility index (Phi) is 4.99. The first-order valence-corrected chi connectivity index (χ1v) is 7.29. The van der Waals surface area contributed by atoms with Crippen LogP contribution in [0.15, 0.2) is 24.3 Å². The number of para-hydroxylation sites is 1. The molecule has 1 aromatic rings. The molecule has 0 heterocycles. The molecule has 0 aromatic heterocycles. The summed E-state index contributed by atoms with van der Waals surface area (Å²) in [4.78, 5) is 12.1. The third kappa shape index (κ3) is 3.71. The topological polar surface area (TPSA) is 38.3 Å². The van der Waals surface area contributed by atoms with E-state index in [-0.39, 0.29) is 17.7 Å². The van der Waals surface area contributed by atoms with E-state index in [0.717, 1.165) is 19.3 Å². The number of halogens is 1. The van der Waals surface area contributed by atoms with E-state index in [4.69, 9.17) is 4.74 Å². The lowest BCUT2D eigenvalue weighted by Gasteiger charge is -2.30. The third-order valence-electron chi connectivity index (χ3n) is 3.95. The molecule has 1 aromatic carbocycles. The minimum atomic E-state index is -0.693. The Morgan fingerprint density at radius 2 is 2.05 bits per heavy atom. The second-order valence-electron chi connectivity index (χ2n) is 5.57. The Bertz CT molecular complexity index is 464. The molecular formula is C16H22FNO2. The van der Waals surface area contributed by atoms with Crippen molar-refractivity contribution >= 4 is 5.91 Å². The van der Waals surface area contributed by atoms with Crippen molar-refractivity contribution in [2.24, 2.45) is 5.92 Å². The van der Waals surface area contributed by atoms with E-state index in [1.54, 1.807) is 19.1 Å². The first-order valence-electron chi connectivity index (χ1n) is 7.29. The van der Waals surface area contributed by atoms with Crippen LogP contribution < -0.4 is 10.1 Å². The molecule has 0 bridgehead atoms. The van der Waals surface area contributed by atoms with Crippen LogP contribution in [0.1, 0.15) is 39.5 Å². The lowest BCUT2D eigenvalue weighted by atomic mass is 9.86. The summed E-state index contributed by atoms with van der Waals surface area (Å²) in [7, 11) is 0. The molecule has 110 valence electrons. The number of amides is 1. The van der Waals surface area contributed by atoms with Crippen LogP contribution in [0.4, 0.5) is 4.39 Å². The fourth-order valence-corrected chi connectivity index (χ4v) is 2.62. The molecule has 4 heteroatoms. The zero-order chi connectivity index (χ0) is 14.5. The maximum absolute atomic E-state index is 13.5. The van der Waals surface area contributed by atoms with E-state index in [1.165, 1.54) is 18.6 Å². The van der Waals surface area contributed by atoms with E-state index in [2.05, 4.69) is 12.2 Å². The summed E-state index contributed by atoms with van der Waals surface area (Å²) in [5.41, 5.74) is 0. The Hall–Kier alpha value is -1.58. The van der Waals surface area contributed by atoms with Crippen LogP contribution in [0, 0.1) is 11.7 Å². The van der Waals surface area contributed by atoms with Gasteiger partial charge in [0, 0.05) is 6.04 Å². The smallest absolute Gasteiger partial charge is 0.261 e. The number of rotatable bonds is 4. The number of hydrogen-bond acceptors (Lipinski definition) is 2. The van der Waals surface area contributed by atoms with Crippen LogP contribution in [0.5, 0.6) is 5.75 Å². The van der Waals surface area contributed by atoms with Gasteiger partial charge in [-0.3, -0.25) is 4.79 Å². The second kappa shape index (κ2) is 6.73. The monoisotopic (exact) mass is 279 g/mol. The van der Waals surface area contributed by atoms with E-state index < -0.39 is 11.9 Å². The number of carbonyl (C=O) groups is 1. The largest absolute Gasteiger partial charge is 0.478 e. The molecule has 2 rings (SSSR count). The van der Waals surface area contributed by atoms with E-state index in [1.807, 2.05) is 0 Å². The summed E-state index contributed by atoms with van der Waals surface area (Å²) in [5.74, 6) is -0.00890.